The highest BCUT2D eigenvalue weighted by Gasteiger charge is 2.03. The molecule has 0 aliphatic heterocycles. The molecule has 0 bridgehead atoms. The second-order valence-corrected chi connectivity index (χ2v) is 2.09. The smallest absolute Gasteiger partial charge is 0.347 e. The predicted molar refractivity (Wildman–Crippen MR) is 26.0 cm³/mol. The van der Waals surface area contributed by atoms with Crippen LogP contribution in [0, 0.1) is 5.41 Å². The van der Waals surface area contributed by atoms with Crippen molar-refractivity contribution in [2.24, 2.45) is 0 Å². The molecule has 0 saturated heterocycles. The van der Waals surface area contributed by atoms with E-state index in [-0.39, 0.29) is 0 Å². The third-order valence-electron chi connectivity index (χ3n) is 0.230. The van der Waals surface area contributed by atoms with E-state index in [1.54, 1.807) is 0 Å². The van der Waals surface area contributed by atoms with Crippen LogP contribution in [0.1, 0.15) is 6.92 Å². The molecule has 0 spiro atoms. The number of hydrogen-bond acceptors (Lipinski definition) is 4. The van der Waals surface area contributed by atoms with E-state index in [1.165, 1.54) is 0 Å². The average Bonchev–Trinajstić information content (AvgIpc) is 1.21. The van der Waals surface area contributed by atoms with Gasteiger partial charge in [-0.3, -0.25) is 9.96 Å². The minimum absolute atomic E-state index is 0.562. The highest BCUT2D eigenvalue weighted by Crippen LogP contribution is 1.84. The van der Waals surface area contributed by atoms with Crippen LogP contribution in [-0.2, 0) is 14.6 Å². The normalized spacial score (nSPS) is 10.8. The van der Waals surface area contributed by atoms with Crippen molar-refractivity contribution in [3.63, 3.8) is 0 Å². The van der Waals surface area contributed by atoms with Crippen molar-refractivity contribution in [1.29, 1.82) is 5.41 Å². The zero-order chi connectivity index (χ0) is 6.78. The highest BCUT2D eigenvalue weighted by molar-refractivity contribution is 7.81. The Kier molecular flexibility index (Phi) is 1.94. The monoisotopic (exact) mass is 139 g/mol. The molecule has 0 amide bonds. The van der Waals surface area contributed by atoms with Gasteiger partial charge in [-0.25, -0.2) is 0 Å². The predicted octanol–water partition coefficient (Wildman–Crippen LogP) is -0.197. The third-order valence-corrected chi connectivity index (χ3v) is 0.691. The molecule has 0 aromatic carbocycles. The van der Waals surface area contributed by atoms with Crippen LogP contribution < -0.4 is 0 Å². The molecular weight excluding hydrogens is 134 g/mol. The van der Waals surface area contributed by atoms with Crippen molar-refractivity contribution in [2.75, 3.05) is 0 Å². The Balaban J connectivity index is 3.95. The lowest BCUT2D eigenvalue weighted by atomic mass is 10.8. The van der Waals surface area contributed by atoms with E-state index in [2.05, 4.69) is 4.18 Å². The lowest BCUT2D eigenvalue weighted by Crippen LogP contribution is -2.06. The van der Waals surface area contributed by atoms with Crippen LogP contribution in [0.2, 0.25) is 0 Å². The fourth-order valence-corrected chi connectivity index (χ4v) is 0.474. The number of hydrogen-bond donors (Lipinski definition) is 2. The van der Waals surface area contributed by atoms with Crippen molar-refractivity contribution in [2.45, 2.75) is 6.92 Å². The van der Waals surface area contributed by atoms with E-state index in [9.17, 15) is 8.42 Å². The molecule has 0 aliphatic rings. The second kappa shape index (κ2) is 2.10. The molecule has 0 saturated carbocycles. The quantitative estimate of drug-likeness (QED) is 0.299. The standard InChI is InChI=1S/C2H5NO4S/c1-2(3)7-8(4,5)6/h3H,1H3,(H,4,5,6). The van der Waals surface area contributed by atoms with Crippen LogP contribution in [0.15, 0.2) is 0 Å². The molecule has 0 aromatic heterocycles. The maximum atomic E-state index is 9.63. The van der Waals surface area contributed by atoms with Gasteiger partial charge < -0.3 is 4.18 Å². The molecule has 0 aromatic rings. The van der Waals surface area contributed by atoms with Crippen molar-refractivity contribution in [3.8, 4) is 0 Å². The minimum Gasteiger partial charge on any atom is -0.347 e. The summed E-state index contributed by atoms with van der Waals surface area (Å²) in [6.07, 6.45) is 0. The van der Waals surface area contributed by atoms with Crippen LogP contribution >= 0.6 is 0 Å². The lowest BCUT2D eigenvalue weighted by molar-refractivity contribution is 0.380. The van der Waals surface area contributed by atoms with Gasteiger partial charge in [0.25, 0.3) is 0 Å². The van der Waals surface area contributed by atoms with Gasteiger partial charge in [0.05, 0.1) is 0 Å². The van der Waals surface area contributed by atoms with E-state index in [1.807, 2.05) is 0 Å². The van der Waals surface area contributed by atoms with Gasteiger partial charge in [-0.1, -0.05) is 0 Å². The number of rotatable bonds is 1. The average molecular weight is 139 g/mol. The van der Waals surface area contributed by atoms with E-state index in [0.717, 1.165) is 6.92 Å². The maximum absolute atomic E-state index is 9.63. The molecule has 2 N–H and O–H groups in total. The largest absolute Gasteiger partial charge is 0.447 e. The Morgan fingerprint density at radius 1 is 1.75 bits per heavy atom. The van der Waals surface area contributed by atoms with Gasteiger partial charge in [-0.2, -0.15) is 8.42 Å². The second-order valence-electron chi connectivity index (χ2n) is 1.07. The summed E-state index contributed by atoms with van der Waals surface area (Å²) in [5.41, 5.74) is 0. The molecule has 0 atom stereocenters. The Morgan fingerprint density at radius 2 is 2.12 bits per heavy atom. The SMILES string of the molecule is CC(=N)OS(=O)(=O)O. The Bertz CT molecular complexity index is 180. The maximum Gasteiger partial charge on any atom is 0.447 e. The molecule has 0 fully saturated rings. The van der Waals surface area contributed by atoms with E-state index in [0.29, 0.717) is 0 Å². The summed E-state index contributed by atoms with van der Waals surface area (Å²) in [6.45, 7) is 1.09. The van der Waals surface area contributed by atoms with E-state index < -0.39 is 16.3 Å². The molecule has 5 nitrogen and oxygen atoms in total. The summed E-state index contributed by atoms with van der Waals surface area (Å²) in [7, 11) is -4.45. The molecular formula is C2H5NO4S. The first-order chi connectivity index (χ1) is 3.42. The van der Waals surface area contributed by atoms with E-state index in [4.69, 9.17) is 9.96 Å². The molecule has 0 unspecified atom stereocenters. The summed E-state index contributed by atoms with van der Waals surface area (Å²) in [5.74, 6) is -0.562. The van der Waals surface area contributed by atoms with Crippen LogP contribution in [0.3, 0.4) is 0 Å². The van der Waals surface area contributed by atoms with Crippen LogP contribution in [0.25, 0.3) is 0 Å². The molecule has 0 aliphatic carbocycles. The molecule has 8 heavy (non-hydrogen) atoms. The zero-order valence-corrected chi connectivity index (χ0v) is 4.90. The first-order valence-electron chi connectivity index (χ1n) is 1.64. The first kappa shape index (κ1) is 7.38. The Hall–Kier alpha value is -0.620. The van der Waals surface area contributed by atoms with Gasteiger partial charge >= 0.3 is 10.4 Å². The fraction of sp³-hybridized carbons (Fsp3) is 0.500. The van der Waals surface area contributed by atoms with Crippen LogP contribution in [0.4, 0.5) is 0 Å². The van der Waals surface area contributed by atoms with Gasteiger partial charge in [0.1, 0.15) is 0 Å². The highest BCUT2D eigenvalue weighted by atomic mass is 32.3. The van der Waals surface area contributed by atoms with Gasteiger partial charge in [0.15, 0.2) is 0 Å². The van der Waals surface area contributed by atoms with Gasteiger partial charge in [0.2, 0.25) is 5.90 Å². The Labute approximate surface area is 46.7 Å². The summed E-state index contributed by atoms with van der Waals surface area (Å²) < 4.78 is 30.6. The molecule has 0 heterocycles. The first-order valence-corrected chi connectivity index (χ1v) is 3.00. The molecule has 48 valence electrons. The van der Waals surface area contributed by atoms with Gasteiger partial charge in [0, 0.05) is 6.92 Å². The topological polar surface area (TPSA) is 87.5 Å². The van der Waals surface area contributed by atoms with Crippen LogP contribution in [-0.4, -0.2) is 18.9 Å². The lowest BCUT2D eigenvalue weighted by Gasteiger charge is -1.93. The fourth-order valence-electron chi connectivity index (χ4n) is 0.158. The van der Waals surface area contributed by atoms with Crippen molar-refractivity contribution in [1.82, 2.24) is 0 Å². The van der Waals surface area contributed by atoms with Crippen molar-refractivity contribution in [3.05, 3.63) is 0 Å². The third kappa shape index (κ3) is 5.38. The Morgan fingerprint density at radius 3 is 2.12 bits per heavy atom. The summed E-state index contributed by atoms with van der Waals surface area (Å²) >= 11 is 0. The minimum atomic E-state index is -4.45. The van der Waals surface area contributed by atoms with E-state index >= 15 is 0 Å². The zero-order valence-electron chi connectivity index (χ0n) is 4.08. The van der Waals surface area contributed by atoms with Crippen molar-refractivity contribution >= 4 is 16.3 Å². The molecule has 0 rings (SSSR count). The summed E-state index contributed by atoms with van der Waals surface area (Å²) in [6, 6.07) is 0. The van der Waals surface area contributed by atoms with Gasteiger partial charge in [-0.15, -0.1) is 0 Å². The number of nitrogens with one attached hydrogen (secondary N) is 1. The molecule has 6 heteroatoms. The van der Waals surface area contributed by atoms with Gasteiger partial charge in [-0.05, 0) is 0 Å². The summed E-state index contributed by atoms with van der Waals surface area (Å²) in [4.78, 5) is 0. The van der Waals surface area contributed by atoms with Crippen molar-refractivity contribution < 1.29 is 17.2 Å². The molecule has 0 radical (unpaired) electrons. The van der Waals surface area contributed by atoms with Crippen LogP contribution in [0.5, 0.6) is 0 Å². The summed E-state index contributed by atoms with van der Waals surface area (Å²) in [5, 5.41) is 6.39.